The topological polar surface area (TPSA) is 66.8 Å². The quantitative estimate of drug-likeness (QED) is 0.926. The average molecular weight is 299 g/mol. The summed E-state index contributed by atoms with van der Waals surface area (Å²) >= 11 is 0. The van der Waals surface area contributed by atoms with E-state index in [1.54, 1.807) is 0 Å². The van der Waals surface area contributed by atoms with E-state index >= 15 is 0 Å². The van der Waals surface area contributed by atoms with Crippen molar-refractivity contribution in [2.75, 3.05) is 19.8 Å². The third kappa shape index (κ3) is 3.02. The van der Waals surface area contributed by atoms with Crippen LogP contribution in [0.2, 0.25) is 0 Å². The molecule has 21 heavy (non-hydrogen) atoms. The average Bonchev–Trinajstić information content (AvgIpc) is 2.48. The molecule has 1 amide bonds. The molecule has 0 bridgehead atoms. The number of carbonyl (C=O) groups is 2. The van der Waals surface area contributed by atoms with E-state index in [1.165, 1.54) is 4.90 Å². The van der Waals surface area contributed by atoms with E-state index in [9.17, 15) is 18.4 Å². The van der Waals surface area contributed by atoms with Gasteiger partial charge in [0.25, 0.3) is 5.91 Å². The Hall–Kier alpha value is -2.02. The zero-order valence-electron chi connectivity index (χ0n) is 11.4. The van der Waals surface area contributed by atoms with Gasteiger partial charge in [-0.1, -0.05) is 6.92 Å². The van der Waals surface area contributed by atoms with Crippen molar-refractivity contribution in [1.82, 2.24) is 4.90 Å². The molecule has 1 saturated heterocycles. The fourth-order valence-electron chi connectivity index (χ4n) is 2.32. The van der Waals surface area contributed by atoms with Gasteiger partial charge in [-0.05, 0) is 18.6 Å². The SMILES string of the molecule is CCC1COCCN1C(=O)c1cc(F)c(F)cc1C(=O)O. The minimum absolute atomic E-state index is 0.207. The van der Waals surface area contributed by atoms with E-state index in [2.05, 4.69) is 0 Å². The molecule has 5 nitrogen and oxygen atoms in total. The van der Waals surface area contributed by atoms with Gasteiger partial charge in [0, 0.05) is 6.54 Å². The normalized spacial score (nSPS) is 18.6. The lowest BCUT2D eigenvalue weighted by molar-refractivity contribution is -0.00294. The molecule has 1 aromatic carbocycles. The van der Waals surface area contributed by atoms with E-state index < -0.39 is 29.1 Å². The first kappa shape index (κ1) is 15.4. The van der Waals surface area contributed by atoms with E-state index in [4.69, 9.17) is 9.84 Å². The first-order valence-corrected chi connectivity index (χ1v) is 6.56. The Morgan fingerprint density at radius 1 is 1.33 bits per heavy atom. The molecule has 0 radical (unpaired) electrons. The summed E-state index contributed by atoms with van der Waals surface area (Å²) in [5, 5.41) is 9.07. The number of halogens is 2. The van der Waals surface area contributed by atoms with Crippen LogP contribution >= 0.6 is 0 Å². The maximum Gasteiger partial charge on any atom is 0.336 e. The van der Waals surface area contributed by atoms with Gasteiger partial charge < -0.3 is 14.7 Å². The molecule has 2 rings (SSSR count). The second kappa shape index (κ2) is 6.17. The van der Waals surface area contributed by atoms with Gasteiger partial charge in [0.2, 0.25) is 0 Å². The molecule has 7 heteroatoms. The number of amides is 1. The van der Waals surface area contributed by atoms with E-state index in [1.807, 2.05) is 6.92 Å². The number of ether oxygens (including phenoxy) is 1. The van der Waals surface area contributed by atoms with Crippen molar-refractivity contribution in [3.05, 3.63) is 34.9 Å². The number of carboxylic acid groups (broad SMARTS) is 1. The number of nitrogens with zero attached hydrogens (tertiary/aromatic N) is 1. The predicted octanol–water partition coefficient (Wildman–Crippen LogP) is 1.91. The van der Waals surface area contributed by atoms with Gasteiger partial charge in [0.05, 0.1) is 30.4 Å². The molecule has 0 aromatic heterocycles. The molecule has 1 unspecified atom stereocenters. The van der Waals surface area contributed by atoms with E-state index in [0.717, 1.165) is 0 Å². The summed E-state index contributed by atoms with van der Waals surface area (Å²) in [6.45, 7) is 2.82. The largest absolute Gasteiger partial charge is 0.478 e. The minimum Gasteiger partial charge on any atom is -0.478 e. The third-order valence-corrected chi connectivity index (χ3v) is 3.48. The van der Waals surface area contributed by atoms with Crippen LogP contribution in [0.1, 0.15) is 34.1 Å². The standard InChI is InChI=1S/C14H15F2NO4/c1-2-8-7-21-4-3-17(8)13(18)9-5-11(15)12(16)6-10(9)14(19)20/h5-6,8H,2-4,7H2,1H3,(H,19,20). The summed E-state index contributed by atoms with van der Waals surface area (Å²) in [6, 6.07) is 0.969. The van der Waals surface area contributed by atoms with Crippen LogP contribution in [-0.4, -0.2) is 47.7 Å². The van der Waals surface area contributed by atoms with Gasteiger partial charge in [0.1, 0.15) is 0 Å². The second-order valence-corrected chi connectivity index (χ2v) is 4.75. The Bertz CT molecular complexity index is 576. The smallest absolute Gasteiger partial charge is 0.336 e. The van der Waals surface area contributed by atoms with Crippen molar-refractivity contribution in [2.24, 2.45) is 0 Å². The first-order chi connectivity index (χ1) is 9.95. The second-order valence-electron chi connectivity index (χ2n) is 4.75. The minimum atomic E-state index is -1.47. The summed E-state index contributed by atoms with van der Waals surface area (Å²) in [5.74, 6) is -4.64. The van der Waals surface area contributed by atoms with Crippen LogP contribution in [0.5, 0.6) is 0 Å². The van der Waals surface area contributed by atoms with Gasteiger partial charge in [-0.25, -0.2) is 13.6 Å². The van der Waals surface area contributed by atoms with Crippen molar-refractivity contribution >= 4 is 11.9 Å². The molecule has 1 N–H and O–H groups in total. The molecular weight excluding hydrogens is 284 g/mol. The van der Waals surface area contributed by atoms with Gasteiger partial charge in [0.15, 0.2) is 11.6 Å². The Morgan fingerprint density at radius 3 is 2.52 bits per heavy atom. The summed E-state index contributed by atoms with van der Waals surface area (Å²) in [7, 11) is 0. The van der Waals surface area contributed by atoms with E-state index in [-0.39, 0.29) is 18.2 Å². The number of carbonyl (C=O) groups excluding carboxylic acids is 1. The molecule has 1 heterocycles. The Balaban J connectivity index is 2.42. The summed E-state index contributed by atoms with van der Waals surface area (Å²) in [6.07, 6.45) is 0.623. The van der Waals surface area contributed by atoms with E-state index in [0.29, 0.717) is 31.8 Å². The molecule has 0 saturated carbocycles. The monoisotopic (exact) mass is 299 g/mol. The Kier molecular flexibility index (Phi) is 4.52. The fourth-order valence-corrected chi connectivity index (χ4v) is 2.32. The number of aromatic carboxylic acids is 1. The zero-order chi connectivity index (χ0) is 15.6. The fraction of sp³-hybridized carbons (Fsp3) is 0.429. The third-order valence-electron chi connectivity index (χ3n) is 3.48. The van der Waals surface area contributed by atoms with Gasteiger partial charge in [-0.15, -0.1) is 0 Å². The Labute approximate surface area is 120 Å². The summed E-state index contributed by atoms with van der Waals surface area (Å²) in [4.78, 5) is 25.1. The lowest BCUT2D eigenvalue weighted by Crippen LogP contribution is -2.48. The molecule has 0 spiro atoms. The number of hydrogen-bond donors (Lipinski definition) is 1. The van der Waals surface area contributed by atoms with Gasteiger partial charge >= 0.3 is 5.97 Å². The number of morpholine rings is 1. The van der Waals surface area contributed by atoms with Crippen molar-refractivity contribution in [2.45, 2.75) is 19.4 Å². The highest BCUT2D eigenvalue weighted by atomic mass is 19.2. The summed E-state index contributed by atoms with van der Waals surface area (Å²) < 4.78 is 31.8. The van der Waals surface area contributed by atoms with Crippen LogP contribution in [0.15, 0.2) is 12.1 Å². The number of carboxylic acids is 1. The molecule has 1 fully saturated rings. The van der Waals surface area contributed by atoms with Crippen molar-refractivity contribution < 1.29 is 28.2 Å². The zero-order valence-corrected chi connectivity index (χ0v) is 11.4. The number of rotatable bonds is 3. The van der Waals surface area contributed by atoms with Crippen molar-refractivity contribution in [3.63, 3.8) is 0 Å². The van der Waals surface area contributed by atoms with Crippen LogP contribution in [0.4, 0.5) is 8.78 Å². The first-order valence-electron chi connectivity index (χ1n) is 6.56. The van der Waals surface area contributed by atoms with Crippen LogP contribution in [-0.2, 0) is 4.74 Å². The lowest BCUT2D eigenvalue weighted by atomic mass is 10.0. The highest BCUT2D eigenvalue weighted by molar-refractivity contribution is 6.05. The predicted molar refractivity (Wildman–Crippen MR) is 69.3 cm³/mol. The maximum absolute atomic E-state index is 13.4. The van der Waals surface area contributed by atoms with Gasteiger partial charge in [-0.3, -0.25) is 4.79 Å². The highest BCUT2D eigenvalue weighted by Crippen LogP contribution is 2.20. The maximum atomic E-state index is 13.4. The van der Waals surface area contributed by atoms with Crippen LogP contribution in [0.25, 0.3) is 0 Å². The highest BCUT2D eigenvalue weighted by Gasteiger charge is 2.30. The van der Waals surface area contributed by atoms with Crippen LogP contribution < -0.4 is 0 Å². The van der Waals surface area contributed by atoms with Gasteiger partial charge in [-0.2, -0.15) is 0 Å². The number of benzene rings is 1. The Morgan fingerprint density at radius 2 is 1.95 bits per heavy atom. The molecule has 1 aliphatic heterocycles. The van der Waals surface area contributed by atoms with Crippen molar-refractivity contribution in [3.8, 4) is 0 Å². The summed E-state index contributed by atoms with van der Waals surface area (Å²) in [5.41, 5.74) is -0.887. The van der Waals surface area contributed by atoms with Crippen molar-refractivity contribution in [1.29, 1.82) is 0 Å². The lowest BCUT2D eigenvalue weighted by Gasteiger charge is -2.35. The molecule has 1 aromatic rings. The molecular formula is C14H15F2NO4. The molecule has 0 aliphatic carbocycles. The molecule has 114 valence electrons. The van der Waals surface area contributed by atoms with Crippen LogP contribution in [0.3, 0.4) is 0 Å². The molecule has 1 atom stereocenters. The van der Waals surface area contributed by atoms with Crippen LogP contribution in [0, 0.1) is 11.6 Å². The molecule has 1 aliphatic rings. The number of hydrogen-bond acceptors (Lipinski definition) is 3.